The summed E-state index contributed by atoms with van der Waals surface area (Å²) in [5.74, 6) is 0. The Hall–Kier alpha value is -6.58. The predicted molar refractivity (Wildman–Crippen MR) is 253 cm³/mol. The van der Waals surface area contributed by atoms with E-state index < -0.39 is 5.41 Å². The standard InChI is InChI=1S/C57H45BN2/c1-3-5-17-36-29-30-51-43(31-36)45-32-37(18-6-4-2)33-50-56(45)59(51)53-35-39(38-19-8-7-9-20-38)34-44-42-23-16-27-49-55(42)60(58(50)54(44)53)52-28-15-14-26-48(52)57(49)46-24-12-10-21-40(46)41-22-11-13-25-47(41)57/h7-16,19-35H,3-6,17-18H2,1-2H3. The average molecular weight is 769 g/mol. The van der Waals surface area contributed by atoms with Crippen LogP contribution < -0.4 is 15.7 Å². The van der Waals surface area contributed by atoms with Crippen LogP contribution in [0.1, 0.15) is 72.9 Å². The maximum atomic E-state index is 2.79. The first-order chi connectivity index (χ1) is 29.7. The minimum atomic E-state index is -0.459. The van der Waals surface area contributed by atoms with Crippen molar-refractivity contribution in [3.05, 3.63) is 197 Å². The molecule has 0 fully saturated rings. The van der Waals surface area contributed by atoms with Gasteiger partial charge in [0.15, 0.2) is 0 Å². The molecular weight excluding hydrogens is 723 g/mol. The molecule has 2 nitrogen and oxygen atoms in total. The molecule has 286 valence electrons. The fourth-order valence-corrected chi connectivity index (χ4v) is 12.0. The molecule has 0 saturated heterocycles. The van der Waals surface area contributed by atoms with Gasteiger partial charge in [-0.3, -0.25) is 0 Å². The molecule has 60 heavy (non-hydrogen) atoms. The predicted octanol–water partition coefficient (Wildman–Crippen LogP) is 13.1. The number of nitrogens with zero attached hydrogens (tertiary/aromatic N) is 2. The zero-order valence-electron chi connectivity index (χ0n) is 34.3. The van der Waals surface area contributed by atoms with Crippen LogP contribution in [0, 0.1) is 0 Å². The van der Waals surface area contributed by atoms with Gasteiger partial charge in [0, 0.05) is 33.4 Å². The molecule has 4 aliphatic rings. The Balaban J connectivity index is 1.20. The van der Waals surface area contributed by atoms with Crippen molar-refractivity contribution in [2.24, 2.45) is 0 Å². The summed E-state index contributed by atoms with van der Waals surface area (Å²) >= 11 is 0. The Morgan fingerprint density at radius 3 is 1.90 bits per heavy atom. The van der Waals surface area contributed by atoms with Crippen LogP contribution in [0.4, 0.5) is 11.4 Å². The Bertz CT molecular complexity index is 3220. The van der Waals surface area contributed by atoms with Gasteiger partial charge in [0.25, 0.3) is 0 Å². The monoisotopic (exact) mass is 768 g/mol. The molecule has 0 saturated carbocycles. The molecule has 3 aliphatic heterocycles. The largest absolute Gasteiger partial charge is 0.376 e. The van der Waals surface area contributed by atoms with Crippen molar-refractivity contribution < 1.29 is 0 Å². The summed E-state index contributed by atoms with van der Waals surface area (Å²) in [7, 11) is 0. The van der Waals surface area contributed by atoms with E-state index >= 15 is 0 Å². The minimum absolute atomic E-state index is 0.0145. The van der Waals surface area contributed by atoms with E-state index in [1.165, 1.54) is 142 Å². The lowest BCUT2D eigenvalue weighted by Crippen LogP contribution is -2.62. The van der Waals surface area contributed by atoms with Crippen molar-refractivity contribution >= 4 is 51.0 Å². The van der Waals surface area contributed by atoms with Gasteiger partial charge in [-0.15, -0.1) is 0 Å². The lowest BCUT2D eigenvalue weighted by atomic mass is 9.42. The molecule has 0 bridgehead atoms. The number of benzene rings is 8. The number of hydrogen-bond donors (Lipinski definition) is 0. The van der Waals surface area contributed by atoms with Gasteiger partial charge in [-0.25, -0.2) is 0 Å². The van der Waals surface area contributed by atoms with Crippen LogP contribution in [-0.4, -0.2) is 11.4 Å². The van der Waals surface area contributed by atoms with Crippen molar-refractivity contribution in [2.75, 3.05) is 4.81 Å². The van der Waals surface area contributed by atoms with E-state index in [4.69, 9.17) is 0 Å². The first-order valence-electron chi connectivity index (χ1n) is 22.3. The fourth-order valence-electron chi connectivity index (χ4n) is 12.0. The molecule has 0 amide bonds. The molecule has 4 heterocycles. The normalized spacial score (nSPS) is 14.3. The highest BCUT2D eigenvalue weighted by Gasteiger charge is 2.55. The maximum Gasteiger partial charge on any atom is 0.333 e. The summed E-state index contributed by atoms with van der Waals surface area (Å²) in [5.41, 5.74) is 25.2. The molecule has 13 rings (SSSR count). The molecule has 8 aromatic carbocycles. The van der Waals surface area contributed by atoms with Gasteiger partial charge in [-0.1, -0.05) is 154 Å². The molecular formula is C57H45BN2. The number of fused-ring (bicyclic) bond motifs is 16. The van der Waals surface area contributed by atoms with Crippen LogP contribution in [0.15, 0.2) is 164 Å². The quantitative estimate of drug-likeness (QED) is 0.147. The third-order valence-electron chi connectivity index (χ3n) is 14.5. The Morgan fingerprint density at radius 2 is 1.13 bits per heavy atom. The molecule has 1 aliphatic carbocycles. The number of unbranched alkanes of at least 4 members (excludes halogenated alkanes) is 2. The van der Waals surface area contributed by atoms with E-state index in [-0.39, 0.29) is 6.85 Å². The lowest BCUT2D eigenvalue weighted by Gasteiger charge is -2.51. The number of aromatic nitrogens is 1. The summed E-state index contributed by atoms with van der Waals surface area (Å²) < 4.78 is 2.66. The summed E-state index contributed by atoms with van der Waals surface area (Å²) in [6.45, 7) is 4.61. The second-order valence-corrected chi connectivity index (χ2v) is 17.6. The van der Waals surface area contributed by atoms with Crippen molar-refractivity contribution in [3.8, 4) is 39.1 Å². The van der Waals surface area contributed by atoms with Crippen LogP contribution in [-0.2, 0) is 18.3 Å². The van der Waals surface area contributed by atoms with E-state index in [1.807, 2.05) is 0 Å². The Morgan fingerprint density at radius 1 is 0.483 bits per heavy atom. The van der Waals surface area contributed by atoms with E-state index in [0.717, 1.165) is 12.8 Å². The zero-order valence-corrected chi connectivity index (χ0v) is 34.3. The average Bonchev–Trinajstić information content (AvgIpc) is 3.79. The molecule has 1 spiro atoms. The minimum Gasteiger partial charge on any atom is -0.376 e. The first kappa shape index (κ1) is 34.3. The van der Waals surface area contributed by atoms with Crippen molar-refractivity contribution in [3.63, 3.8) is 0 Å². The van der Waals surface area contributed by atoms with Crippen LogP contribution in [0.3, 0.4) is 0 Å². The van der Waals surface area contributed by atoms with Crippen molar-refractivity contribution in [1.29, 1.82) is 0 Å². The highest BCUT2D eigenvalue weighted by atomic mass is 15.1. The van der Waals surface area contributed by atoms with E-state index in [9.17, 15) is 0 Å². The smallest absolute Gasteiger partial charge is 0.333 e. The van der Waals surface area contributed by atoms with Gasteiger partial charge in [0.05, 0.1) is 16.4 Å². The van der Waals surface area contributed by atoms with E-state index in [0.29, 0.717) is 0 Å². The lowest BCUT2D eigenvalue weighted by molar-refractivity contribution is 0.756. The summed E-state index contributed by atoms with van der Waals surface area (Å²) in [6, 6.07) is 63.6. The summed E-state index contributed by atoms with van der Waals surface area (Å²) in [4.78, 5) is 2.79. The second kappa shape index (κ2) is 12.7. The zero-order chi connectivity index (χ0) is 39.7. The van der Waals surface area contributed by atoms with Crippen LogP contribution in [0.2, 0.25) is 0 Å². The molecule has 0 N–H and O–H groups in total. The second-order valence-electron chi connectivity index (χ2n) is 17.6. The van der Waals surface area contributed by atoms with E-state index in [1.54, 1.807) is 0 Å². The molecule has 0 atom stereocenters. The molecule has 0 radical (unpaired) electrons. The van der Waals surface area contributed by atoms with Crippen LogP contribution >= 0.6 is 0 Å². The van der Waals surface area contributed by atoms with Gasteiger partial charge in [-0.05, 0) is 134 Å². The van der Waals surface area contributed by atoms with Crippen LogP contribution in [0.5, 0.6) is 0 Å². The topological polar surface area (TPSA) is 8.17 Å². The van der Waals surface area contributed by atoms with Gasteiger partial charge < -0.3 is 9.38 Å². The van der Waals surface area contributed by atoms with Gasteiger partial charge >= 0.3 is 6.85 Å². The molecule has 1 aromatic heterocycles. The third-order valence-corrected chi connectivity index (χ3v) is 14.5. The van der Waals surface area contributed by atoms with Gasteiger partial charge in [-0.2, -0.15) is 0 Å². The van der Waals surface area contributed by atoms with Gasteiger partial charge in [0.2, 0.25) is 0 Å². The summed E-state index contributed by atoms with van der Waals surface area (Å²) in [6.07, 6.45) is 6.95. The Labute approximate surface area is 352 Å². The molecule has 9 aromatic rings. The first-order valence-corrected chi connectivity index (χ1v) is 22.3. The Kier molecular flexibility index (Phi) is 7.27. The highest BCUT2D eigenvalue weighted by molar-refractivity contribution is 6.93. The molecule has 0 unspecified atom stereocenters. The van der Waals surface area contributed by atoms with Crippen molar-refractivity contribution in [1.82, 2.24) is 4.57 Å². The SMILES string of the molecule is CCCCc1ccc2c(c1)c1cc(CCCC)cc3c1n2-c1cc(-c2ccccc2)cc2c1B3N1c3ccccc3C3(c4ccccc4-c4ccccc43)c3cccc-2c31. The number of rotatable bonds is 7. The van der Waals surface area contributed by atoms with Crippen molar-refractivity contribution in [2.45, 2.75) is 57.8 Å². The number of hydrogen-bond acceptors (Lipinski definition) is 1. The summed E-state index contributed by atoms with van der Waals surface area (Å²) in [5, 5.41) is 2.77. The fraction of sp³-hybridized carbons (Fsp3) is 0.158. The number of aryl methyl sites for hydroxylation is 2. The number of anilines is 2. The van der Waals surface area contributed by atoms with Crippen LogP contribution in [0.25, 0.3) is 60.9 Å². The highest BCUT2D eigenvalue weighted by Crippen LogP contribution is 2.64. The number of para-hydroxylation sites is 2. The maximum absolute atomic E-state index is 2.79. The van der Waals surface area contributed by atoms with Gasteiger partial charge in [0.1, 0.15) is 0 Å². The third kappa shape index (κ3) is 4.35. The molecule has 3 heteroatoms. The van der Waals surface area contributed by atoms with E-state index in [2.05, 4.69) is 187 Å².